The predicted molar refractivity (Wildman–Crippen MR) is 53.9 cm³/mol. The first-order valence-electron chi connectivity index (χ1n) is 4.16. The maximum atomic E-state index is 10.9. The molecule has 0 unspecified atom stereocenters. The molecule has 13 heavy (non-hydrogen) atoms. The van der Waals surface area contributed by atoms with E-state index in [2.05, 4.69) is 0 Å². The van der Waals surface area contributed by atoms with Gasteiger partial charge in [-0.15, -0.1) is 11.6 Å². The molecule has 0 aromatic heterocycles. The van der Waals surface area contributed by atoms with Gasteiger partial charge in [-0.05, 0) is 29.7 Å². The van der Waals surface area contributed by atoms with E-state index in [4.69, 9.17) is 17.3 Å². The Kier molecular flexibility index (Phi) is 3.32. The van der Waals surface area contributed by atoms with E-state index >= 15 is 0 Å². The lowest BCUT2D eigenvalue weighted by atomic mass is 10.0. The molecule has 3 heteroatoms. The second-order valence-corrected chi connectivity index (χ2v) is 3.10. The topological polar surface area (TPSA) is 43.1 Å². The minimum absolute atomic E-state index is 0.393. The van der Waals surface area contributed by atoms with Gasteiger partial charge in [-0.3, -0.25) is 4.79 Å². The van der Waals surface area contributed by atoms with Crippen LogP contribution < -0.4 is 5.73 Å². The molecule has 0 aliphatic carbocycles. The highest BCUT2D eigenvalue weighted by molar-refractivity contribution is 6.17. The number of halogens is 1. The summed E-state index contributed by atoms with van der Waals surface area (Å²) in [7, 11) is 0. The van der Waals surface area contributed by atoms with Gasteiger partial charge in [0.05, 0.1) is 0 Å². The smallest absolute Gasteiger partial charge is 0.248 e. The van der Waals surface area contributed by atoms with Crippen LogP contribution in [0.15, 0.2) is 18.2 Å². The van der Waals surface area contributed by atoms with Crippen LogP contribution in [0.3, 0.4) is 0 Å². The molecule has 0 fully saturated rings. The fraction of sp³-hybridized carbons (Fsp3) is 0.300. The lowest BCUT2D eigenvalue weighted by Crippen LogP contribution is -2.11. The van der Waals surface area contributed by atoms with Crippen LogP contribution in [0.4, 0.5) is 0 Å². The highest BCUT2D eigenvalue weighted by Gasteiger charge is 2.04. The third-order valence-electron chi connectivity index (χ3n) is 2.02. The van der Waals surface area contributed by atoms with Crippen molar-refractivity contribution in [3.63, 3.8) is 0 Å². The molecule has 2 N–H and O–H groups in total. The van der Waals surface area contributed by atoms with Crippen molar-refractivity contribution in [2.24, 2.45) is 5.73 Å². The van der Waals surface area contributed by atoms with E-state index in [1.54, 1.807) is 12.1 Å². The molecule has 1 amide bonds. The highest BCUT2D eigenvalue weighted by Crippen LogP contribution is 2.14. The zero-order chi connectivity index (χ0) is 9.84. The summed E-state index contributed by atoms with van der Waals surface area (Å²) < 4.78 is 0. The summed E-state index contributed by atoms with van der Waals surface area (Å²) in [6.45, 7) is 2.02. The lowest BCUT2D eigenvalue weighted by Gasteiger charge is -2.05. The van der Waals surface area contributed by atoms with Gasteiger partial charge in [-0.2, -0.15) is 0 Å². The Morgan fingerprint density at radius 1 is 1.46 bits per heavy atom. The molecule has 1 rings (SSSR count). The number of aryl methyl sites for hydroxylation is 1. The second kappa shape index (κ2) is 4.28. The van der Waals surface area contributed by atoms with Gasteiger partial charge in [0.25, 0.3) is 0 Å². The summed E-state index contributed by atoms with van der Waals surface area (Å²) in [6, 6.07) is 5.37. The Morgan fingerprint density at radius 2 is 2.15 bits per heavy atom. The molecule has 1 aromatic rings. The maximum Gasteiger partial charge on any atom is 0.248 e. The number of hydrogen-bond donors (Lipinski definition) is 1. The van der Waals surface area contributed by atoms with Crippen molar-refractivity contribution >= 4 is 17.5 Å². The zero-order valence-corrected chi connectivity index (χ0v) is 8.27. The van der Waals surface area contributed by atoms with Gasteiger partial charge >= 0.3 is 0 Å². The quantitative estimate of drug-likeness (QED) is 0.741. The van der Waals surface area contributed by atoms with Crippen molar-refractivity contribution in [3.8, 4) is 0 Å². The number of nitrogens with two attached hydrogens (primary N) is 1. The van der Waals surface area contributed by atoms with Crippen LogP contribution in [-0.4, -0.2) is 5.91 Å². The summed E-state index contributed by atoms with van der Waals surface area (Å²) in [5.74, 6) is 0.0817. The molecule has 0 aliphatic rings. The average molecular weight is 198 g/mol. The minimum atomic E-state index is -0.393. The molecule has 70 valence electrons. The van der Waals surface area contributed by atoms with Crippen molar-refractivity contribution in [3.05, 3.63) is 34.9 Å². The molecule has 0 aliphatic heterocycles. The molecule has 0 spiro atoms. The SMILES string of the molecule is CCc1cc(C(N)=O)ccc1CCl. The van der Waals surface area contributed by atoms with Gasteiger partial charge in [0, 0.05) is 11.4 Å². The van der Waals surface area contributed by atoms with Crippen molar-refractivity contribution in [2.75, 3.05) is 0 Å². The second-order valence-electron chi connectivity index (χ2n) is 2.83. The highest BCUT2D eigenvalue weighted by atomic mass is 35.5. The lowest BCUT2D eigenvalue weighted by molar-refractivity contribution is 0.1000. The number of carbonyl (C=O) groups is 1. The number of rotatable bonds is 3. The molecule has 0 atom stereocenters. The zero-order valence-electron chi connectivity index (χ0n) is 7.51. The monoisotopic (exact) mass is 197 g/mol. The number of primary amides is 1. The summed E-state index contributed by atoms with van der Waals surface area (Å²) in [5, 5.41) is 0. The van der Waals surface area contributed by atoms with E-state index in [1.807, 2.05) is 13.0 Å². The van der Waals surface area contributed by atoms with Crippen LogP contribution >= 0.6 is 11.6 Å². The van der Waals surface area contributed by atoms with Gasteiger partial charge in [0.15, 0.2) is 0 Å². The van der Waals surface area contributed by atoms with Crippen molar-refractivity contribution < 1.29 is 4.79 Å². The third kappa shape index (κ3) is 2.22. The van der Waals surface area contributed by atoms with Gasteiger partial charge in [0.2, 0.25) is 5.91 Å². The summed E-state index contributed by atoms with van der Waals surface area (Å²) in [6.07, 6.45) is 0.864. The number of carbonyl (C=O) groups excluding carboxylic acids is 1. The molecular formula is C10H12ClNO. The van der Waals surface area contributed by atoms with E-state index in [1.165, 1.54) is 0 Å². The molecule has 0 bridgehead atoms. The van der Waals surface area contributed by atoms with Gasteiger partial charge < -0.3 is 5.73 Å². The van der Waals surface area contributed by atoms with Crippen LogP contribution in [0.1, 0.15) is 28.4 Å². The van der Waals surface area contributed by atoms with Crippen molar-refractivity contribution in [2.45, 2.75) is 19.2 Å². The molecule has 0 heterocycles. The van der Waals surface area contributed by atoms with Crippen molar-refractivity contribution in [1.29, 1.82) is 0 Å². The van der Waals surface area contributed by atoms with E-state index in [0.29, 0.717) is 11.4 Å². The van der Waals surface area contributed by atoms with E-state index in [-0.39, 0.29) is 0 Å². The van der Waals surface area contributed by atoms with Crippen LogP contribution in [0.25, 0.3) is 0 Å². The largest absolute Gasteiger partial charge is 0.366 e. The summed E-state index contributed by atoms with van der Waals surface area (Å²) in [5.41, 5.74) is 7.86. The normalized spacial score (nSPS) is 10.0. The molecule has 0 saturated carbocycles. The van der Waals surface area contributed by atoms with Crippen LogP contribution in [-0.2, 0) is 12.3 Å². The number of amides is 1. The first-order valence-corrected chi connectivity index (χ1v) is 4.70. The van der Waals surface area contributed by atoms with E-state index in [9.17, 15) is 4.79 Å². The Bertz CT molecular complexity index is 323. The van der Waals surface area contributed by atoms with Crippen LogP contribution in [0.5, 0.6) is 0 Å². The van der Waals surface area contributed by atoms with E-state index < -0.39 is 5.91 Å². The average Bonchev–Trinajstić information content (AvgIpc) is 2.16. The van der Waals surface area contributed by atoms with E-state index in [0.717, 1.165) is 17.5 Å². The molecular weight excluding hydrogens is 186 g/mol. The van der Waals surface area contributed by atoms with Gasteiger partial charge in [0.1, 0.15) is 0 Å². The first-order chi connectivity index (χ1) is 6.19. The summed E-state index contributed by atoms with van der Waals surface area (Å²) >= 11 is 5.73. The third-order valence-corrected chi connectivity index (χ3v) is 2.30. The Balaban J connectivity index is 3.13. The Morgan fingerprint density at radius 3 is 2.62 bits per heavy atom. The fourth-order valence-electron chi connectivity index (χ4n) is 1.24. The van der Waals surface area contributed by atoms with Crippen molar-refractivity contribution in [1.82, 2.24) is 0 Å². The number of alkyl halides is 1. The number of hydrogen-bond acceptors (Lipinski definition) is 1. The standard InChI is InChI=1S/C10H12ClNO/c1-2-7-5-8(10(12)13)3-4-9(7)6-11/h3-5H,2,6H2,1H3,(H2,12,13). The summed E-state index contributed by atoms with van der Waals surface area (Å²) in [4.78, 5) is 10.9. The molecule has 1 aromatic carbocycles. The Labute approximate surface area is 82.7 Å². The maximum absolute atomic E-state index is 10.9. The predicted octanol–water partition coefficient (Wildman–Crippen LogP) is 2.09. The van der Waals surface area contributed by atoms with Gasteiger partial charge in [-0.1, -0.05) is 13.0 Å². The number of benzene rings is 1. The van der Waals surface area contributed by atoms with Crippen LogP contribution in [0, 0.1) is 0 Å². The van der Waals surface area contributed by atoms with Crippen LogP contribution in [0.2, 0.25) is 0 Å². The van der Waals surface area contributed by atoms with Gasteiger partial charge in [-0.25, -0.2) is 0 Å². The molecule has 0 saturated heterocycles. The molecule has 2 nitrogen and oxygen atoms in total. The fourth-order valence-corrected chi connectivity index (χ4v) is 1.50. The minimum Gasteiger partial charge on any atom is -0.366 e. The molecule has 0 radical (unpaired) electrons. The Hall–Kier alpha value is -1.02. The first kappa shape index (κ1) is 10.1.